The Morgan fingerprint density at radius 1 is 1.50 bits per heavy atom. The Balaban J connectivity index is 3.14. The lowest BCUT2D eigenvalue weighted by molar-refractivity contribution is 0.182. The van der Waals surface area contributed by atoms with E-state index in [-0.39, 0.29) is 16.0 Å². The summed E-state index contributed by atoms with van der Waals surface area (Å²) in [5.74, 6) is -1.24. The summed E-state index contributed by atoms with van der Waals surface area (Å²) < 4.78 is 28.8. The van der Waals surface area contributed by atoms with Crippen molar-refractivity contribution >= 4 is 15.9 Å². The van der Waals surface area contributed by atoms with Gasteiger partial charge in [0.2, 0.25) is 6.86 Å². The molecule has 2 nitrogen and oxygen atoms in total. The van der Waals surface area contributed by atoms with E-state index in [9.17, 15) is 8.78 Å². The highest BCUT2D eigenvalue weighted by Crippen LogP contribution is 2.35. The first-order chi connectivity index (χ1) is 5.66. The monoisotopic (exact) mass is 238 g/mol. The van der Waals surface area contributed by atoms with Crippen LogP contribution in [0.25, 0.3) is 0 Å². The molecule has 12 heavy (non-hydrogen) atoms. The Morgan fingerprint density at radius 2 is 2.17 bits per heavy atom. The summed E-state index contributed by atoms with van der Waals surface area (Å²) in [7, 11) is 0. The highest BCUT2D eigenvalue weighted by Gasteiger charge is 2.11. The molecule has 5 heteroatoms. The quantitative estimate of drug-likeness (QED) is 0.859. The van der Waals surface area contributed by atoms with Gasteiger partial charge in [0.15, 0.2) is 11.6 Å². The van der Waals surface area contributed by atoms with Crippen molar-refractivity contribution in [3.63, 3.8) is 0 Å². The second-order valence-electron chi connectivity index (χ2n) is 1.96. The van der Waals surface area contributed by atoms with Crippen molar-refractivity contribution < 1.29 is 18.6 Å². The summed E-state index contributed by atoms with van der Waals surface area (Å²) in [4.78, 5) is 0. The van der Waals surface area contributed by atoms with Gasteiger partial charge in [0.1, 0.15) is 10.2 Å². The van der Waals surface area contributed by atoms with Crippen molar-refractivity contribution in [2.75, 3.05) is 6.86 Å². The van der Waals surface area contributed by atoms with E-state index in [0.29, 0.717) is 0 Å². The molecule has 0 bridgehead atoms. The maximum absolute atomic E-state index is 12.8. The number of phenolic OH excluding ortho intramolecular Hbond substituents is 1. The predicted octanol–water partition coefficient (Wildman–Crippen LogP) is 2.60. The molecule has 1 aromatic carbocycles. The molecule has 0 saturated carbocycles. The smallest absolute Gasteiger partial charge is 0.228 e. The van der Waals surface area contributed by atoms with E-state index < -0.39 is 12.7 Å². The van der Waals surface area contributed by atoms with Gasteiger partial charge in [0, 0.05) is 0 Å². The van der Waals surface area contributed by atoms with Gasteiger partial charge in [-0.3, -0.25) is 0 Å². The molecule has 0 amide bonds. The Labute approximate surface area is 75.9 Å². The number of phenols is 1. The molecule has 66 valence electrons. The minimum absolute atomic E-state index is 0.0140. The molecule has 1 aromatic rings. The van der Waals surface area contributed by atoms with E-state index in [2.05, 4.69) is 20.7 Å². The molecule has 0 fully saturated rings. The number of aromatic hydroxyl groups is 1. The maximum Gasteiger partial charge on any atom is 0.228 e. The fourth-order valence-corrected chi connectivity index (χ4v) is 1.14. The molecule has 0 aliphatic heterocycles. The molecular formula is C7H5BrF2O2. The van der Waals surface area contributed by atoms with Crippen molar-refractivity contribution in [3.8, 4) is 11.5 Å². The van der Waals surface area contributed by atoms with Gasteiger partial charge in [-0.25, -0.2) is 8.78 Å². The molecule has 0 aliphatic carbocycles. The Kier molecular flexibility index (Phi) is 2.86. The fourth-order valence-electron chi connectivity index (χ4n) is 0.709. The molecule has 1 rings (SSSR count). The fraction of sp³-hybridized carbons (Fsp3) is 0.143. The summed E-state index contributed by atoms with van der Waals surface area (Å²) in [5.41, 5.74) is 0. The van der Waals surface area contributed by atoms with E-state index in [4.69, 9.17) is 5.11 Å². The normalized spacial score (nSPS) is 9.92. The third-order valence-corrected chi connectivity index (χ3v) is 1.99. The average molecular weight is 239 g/mol. The summed E-state index contributed by atoms with van der Waals surface area (Å²) in [6, 6.07) is 2.13. The molecule has 0 aromatic heterocycles. The van der Waals surface area contributed by atoms with Crippen molar-refractivity contribution in [2.24, 2.45) is 0 Å². The van der Waals surface area contributed by atoms with Gasteiger partial charge < -0.3 is 9.84 Å². The number of rotatable bonds is 2. The number of halogens is 3. The molecular weight excluding hydrogens is 234 g/mol. The minimum atomic E-state index is -1.14. The third-order valence-electron chi connectivity index (χ3n) is 1.23. The number of ether oxygens (including phenoxy) is 1. The molecule has 0 spiro atoms. The van der Waals surface area contributed by atoms with Crippen LogP contribution in [0.3, 0.4) is 0 Å². The van der Waals surface area contributed by atoms with Crippen molar-refractivity contribution in [1.82, 2.24) is 0 Å². The van der Waals surface area contributed by atoms with Gasteiger partial charge in [0.25, 0.3) is 0 Å². The molecule has 0 aliphatic rings. The van der Waals surface area contributed by atoms with Crippen LogP contribution in [0.1, 0.15) is 0 Å². The highest BCUT2D eigenvalue weighted by molar-refractivity contribution is 9.10. The number of hydrogen-bond acceptors (Lipinski definition) is 2. The van der Waals surface area contributed by atoms with E-state index in [1.165, 1.54) is 0 Å². The minimum Gasteiger partial charge on any atom is -0.507 e. The summed E-state index contributed by atoms with van der Waals surface area (Å²) in [5, 5.41) is 9.04. The van der Waals surface area contributed by atoms with Gasteiger partial charge in [-0.1, -0.05) is 0 Å². The zero-order valence-corrected chi connectivity index (χ0v) is 7.44. The zero-order valence-electron chi connectivity index (χ0n) is 5.85. The van der Waals surface area contributed by atoms with Crippen LogP contribution < -0.4 is 4.74 Å². The predicted molar refractivity (Wildman–Crippen MR) is 42.4 cm³/mol. The summed E-state index contributed by atoms with van der Waals surface area (Å²) >= 11 is 2.85. The zero-order chi connectivity index (χ0) is 9.14. The van der Waals surface area contributed by atoms with Crippen molar-refractivity contribution in [2.45, 2.75) is 0 Å². The van der Waals surface area contributed by atoms with E-state index >= 15 is 0 Å². The second-order valence-corrected chi connectivity index (χ2v) is 2.76. The summed E-state index contributed by atoms with van der Waals surface area (Å²) in [6.45, 7) is -1.14. The van der Waals surface area contributed by atoms with Crippen LogP contribution in [-0.4, -0.2) is 12.0 Å². The van der Waals surface area contributed by atoms with Gasteiger partial charge in [-0.05, 0) is 28.1 Å². The highest BCUT2D eigenvalue weighted by atomic mass is 79.9. The van der Waals surface area contributed by atoms with Crippen LogP contribution in [0, 0.1) is 5.82 Å². The Hall–Kier alpha value is -0.840. The lowest BCUT2D eigenvalue weighted by Gasteiger charge is -2.05. The van der Waals surface area contributed by atoms with Crippen LogP contribution in [0.4, 0.5) is 8.78 Å². The molecule has 0 radical (unpaired) electrons. The van der Waals surface area contributed by atoms with E-state index in [1.54, 1.807) is 0 Å². The van der Waals surface area contributed by atoms with Crippen LogP contribution in [0.5, 0.6) is 11.5 Å². The largest absolute Gasteiger partial charge is 0.507 e. The summed E-state index contributed by atoms with van der Waals surface area (Å²) in [6.07, 6.45) is 0. The lowest BCUT2D eigenvalue weighted by atomic mass is 10.3. The average Bonchev–Trinajstić information content (AvgIpc) is 2.06. The van der Waals surface area contributed by atoms with Crippen LogP contribution in [0.2, 0.25) is 0 Å². The molecule has 0 unspecified atom stereocenters. The molecule has 0 heterocycles. The Morgan fingerprint density at radius 3 is 2.75 bits per heavy atom. The molecule has 0 saturated heterocycles. The van der Waals surface area contributed by atoms with Crippen LogP contribution >= 0.6 is 15.9 Å². The van der Waals surface area contributed by atoms with Crippen molar-refractivity contribution in [3.05, 3.63) is 22.4 Å². The van der Waals surface area contributed by atoms with Gasteiger partial charge in [-0.15, -0.1) is 0 Å². The first-order valence-corrected chi connectivity index (χ1v) is 3.82. The topological polar surface area (TPSA) is 29.5 Å². The first-order valence-electron chi connectivity index (χ1n) is 3.02. The molecule has 0 atom stereocenters. The first kappa shape index (κ1) is 9.25. The third kappa shape index (κ3) is 1.66. The maximum atomic E-state index is 12.8. The van der Waals surface area contributed by atoms with Gasteiger partial charge in [0.05, 0.1) is 0 Å². The van der Waals surface area contributed by atoms with Crippen LogP contribution in [-0.2, 0) is 0 Å². The number of benzene rings is 1. The number of hydrogen-bond donors (Lipinski definition) is 1. The number of alkyl halides is 1. The standard InChI is InChI=1S/C7H5BrF2O2/c8-6-5(11)2-1-4(10)7(6)12-3-9/h1-2,11H,3H2. The van der Waals surface area contributed by atoms with Gasteiger partial charge in [-0.2, -0.15) is 0 Å². The van der Waals surface area contributed by atoms with Crippen LogP contribution in [0.15, 0.2) is 16.6 Å². The SMILES string of the molecule is Oc1ccc(F)c(OCF)c1Br. The molecule has 1 N–H and O–H groups in total. The Bertz CT molecular complexity index is 291. The lowest BCUT2D eigenvalue weighted by Crippen LogP contribution is -1.94. The van der Waals surface area contributed by atoms with Gasteiger partial charge >= 0.3 is 0 Å². The van der Waals surface area contributed by atoms with E-state index in [0.717, 1.165) is 12.1 Å². The second kappa shape index (κ2) is 3.71. The van der Waals surface area contributed by atoms with E-state index in [1.807, 2.05) is 0 Å². The van der Waals surface area contributed by atoms with Crippen molar-refractivity contribution in [1.29, 1.82) is 0 Å².